The molecule has 0 radical (unpaired) electrons. The second-order valence-corrected chi connectivity index (χ2v) is 5.68. The van der Waals surface area contributed by atoms with Gasteiger partial charge in [-0.05, 0) is 30.7 Å². The lowest BCUT2D eigenvalue weighted by atomic mass is 10.2. The third-order valence-electron chi connectivity index (χ3n) is 3.80. The second kappa shape index (κ2) is 6.75. The van der Waals surface area contributed by atoms with Gasteiger partial charge in [0.25, 0.3) is 0 Å². The molecule has 0 saturated carbocycles. The minimum absolute atomic E-state index is 0.125. The summed E-state index contributed by atoms with van der Waals surface area (Å²) in [5.41, 5.74) is 7.78. The molecule has 0 saturated heterocycles. The first-order chi connectivity index (χ1) is 12.7. The highest BCUT2D eigenvalue weighted by Gasteiger charge is 2.14. The molecular formula is C18H17N5O3. The number of anilines is 3. The lowest BCUT2D eigenvalue weighted by molar-refractivity contribution is 0.173. The molecule has 0 spiro atoms. The van der Waals surface area contributed by atoms with Crippen LogP contribution in [0.25, 0.3) is 0 Å². The molecule has 0 amide bonds. The SMILES string of the molecule is Cc1ccccc1Nc1nc(N)nc(COc2ccc3c(c2)OCO3)n1. The van der Waals surface area contributed by atoms with Gasteiger partial charge >= 0.3 is 0 Å². The first-order valence-corrected chi connectivity index (χ1v) is 8.03. The number of hydrogen-bond donors (Lipinski definition) is 2. The zero-order valence-corrected chi connectivity index (χ0v) is 14.1. The Balaban J connectivity index is 1.48. The molecule has 8 nitrogen and oxygen atoms in total. The van der Waals surface area contributed by atoms with Crippen LogP contribution in [0.1, 0.15) is 11.4 Å². The number of nitrogens with zero attached hydrogens (tertiary/aromatic N) is 3. The Kier molecular flexibility index (Phi) is 4.14. The van der Waals surface area contributed by atoms with Gasteiger partial charge in [-0.15, -0.1) is 0 Å². The average molecular weight is 351 g/mol. The fourth-order valence-electron chi connectivity index (χ4n) is 2.51. The van der Waals surface area contributed by atoms with Gasteiger partial charge in [-0.2, -0.15) is 15.0 Å². The fraction of sp³-hybridized carbons (Fsp3) is 0.167. The highest BCUT2D eigenvalue weighted by Crippen LogP contribution is 2.35. The number of aryl methyl sites for hydroxylation is 1. The van der Waals surface area contributed by atoms with Gasteiger partial charge in [0, 0.05) is 11.8 Å². The maximum Gasteiger partial charge on any atom is 0.232 e. The van der Waals surface area contributed by atoms with E-state index < -0.39 is 0 Å². The molecule has 3 aromatic rings. The second-order valence-electron chi connectivity index (χ2n) is 5.68. The van der Waals surface area contributed by atoms with Crippen molar-refractivity contribution in [3.63, 3.8) is 0 Å². The predicted molar refractivity (Wildman–Crippen MR) is 95.6 cm³/mol. The van der Waals surface area contributed by atoms with Crippen molar-refractivity contribution in [1.82, 2.24) is 15.0 Å². The van der Waals surface area contributed by atoms with Gasteiger partial charge in [0.1, 0.15) is 12.4 Å². The summed E-state index contributed by atoms with van der Waals surface area (Å²) in [7, 11) is 0. The summed E-state index contributed by atoms with van der Waals surface area (Å²) in [4.78, 5) is 12.6. The lowest BCUT2D eigenvalue weighted by Gasteiger charge is -2.10. The normalized spacial score (nSPS) is 12.0. The van der Waals surface area contributed by atoms with Crippen LogP contribution in [0.2, 0.25) is 0 Å². The third-order valence-corrected chi connectivity index (χ3v) is 3.80. The Bertz CT molecular complexity index is 948. The molecule has 0 atom stereocenters. The zero-order chi connectivity index (χ0) is 17.9. The molecule has 132 valence electrons. The van der Waals surface area contributed by atoms with Crippen LogP contribution in [0.15, 0.2) is 42.5 Å². The fourth-order valence-corrected chi connectivity index (χ4v) is 2.51. The first kappa shape index (κ1) is 15.9. The van der Waals surface area contributed by atoms with Crippen LogP contribution < -0.4 is 25.3 Å². The number of hydrogen-bond acceptors (Lipinski definition) is 8. The topological polar surface area (TPSA) is 104 Å². The van der Waals surface area contributed by atoms with E-state index in [-0.39, 0.29) is 19.3 Å². The minimum Gasteiger partial charge on any atom is -0.485 e. The number of nitrogens with two attached hydrogens (primary N) is 1. The number of ether oxygens (including phenoxy) is 3. The number of rotatable bonds is 5. The zero-order valence-electron chi connectivity index (χ0n) is 14.1. The minimum atomic E-state index is 0.125. The van der Waals surface area contributed by atoms with Crippen LogP contribution in [0, 0.1) is 6.92 Å². The molecule has 0 fully saturated rings. The number of para-hydroxylation sites is 1. The van der Waals surface area contributed by atoms with E-state index in [1.54, 1.807) is 18.2 Å². The molecule has 1 aromatic heterocycles. The predicted octanol–water partition coefficient (Wildman–Crippen LogP) is 2.81. The number of aromatic nitrogens is 3. The summed E-state index contributed by atoms with van der Waals surface area (Å²) < 4.78 is 16.3. The van der Waals surface area contributed by atoms with Gasteiger partial charge in [-0.1, -0.05) is 18.2 Å². The van der Waals surface area contributed by atoms with E-state index in [4.69, 9.17) is 19.9 Å². The van der Waals surface area contributed by atoms with Crippen molar-refractivity contribution < 1.29 is 14.2 Å². The largest absolute Gasteiger partial charge is 0.485 e. The van der Waals surface area contributed by atoms with Crippen molar-refractivity contribution in [3.8, 4) is 17.2 Å². The molecule has 0 aliphatic carbocycles. The quantitative estimate of drug-likeness (QED) is 0.723. The van der Waals surface area contributed by atoms with Gasteiger partial charge < -0.3 is 25.3 Å². The summed E-state index contributed by atoms with van der Waals surface area (Å²) in [6.45, 7) is 2.36. The van der Waals surface area contributed by atoms with Gasteiger partial charge in [0.2, 0.25) is 18.7 Å². The van der Waals surface area contributed by atoms with Crippen LogP contribution in [0.5, 0.6) is 17.2 Å². The van der Waals surface area contributed by atoms with E-state index in [2.05, 4.69) is 20.3 Å². The Hall–Kier alpha value is -3.55. The summed E-state index contributed by atoms with van der Waals surface area (Å²) in [5.74, 6) is 2.90. The highest BCUT2D eigenvalue weighted by molar-refractivity contribution is 5.58. The standard InChI is InChI=1S/C18H17N5O3/c1-11-4-2-3-5-13(11)20-18-22-16(21-17(19)23-18)9-24-12-6-7-14-15(8-12)26-10-25-14/h2-8H,9-10H2,1H3,(H3,19,20,21,22,23). The van der Waals surface area contributed by atoms with Crippen LogP contribution in [-0.4, -0.2) is 21.7 Å². The van der Waals surface area contributed by atoms with Crippen molar-refractivity contribution in [1.29, 1.82) is 0 Å². The monoisotopic (exact) mass is 351 g/mol. The van der Waals surface area contributed by atoms with Crippen molar-refractivity contribution in [2.45, 2.75) is 13.5 Å². The smallest absolute Gasteiger partial charge is 0.232 e. The summed E-state index contributed by atoms with van der Waals surface area (Å²) in [6.07, 6.45) is 0. The molecule has 1 aliphatic heterocycles. The highest BCUT2D eigenvalue weighted by atomic mass is 16.7. The van der Waals surface area contributed by atoms with Crippen molar-refractivity contribution in [3.05, 3.63) is 53.9 Å². The Morgan fingerprint density at radius 3 is 2.81 bits per heavy atom. The van der Waals surface area contributed by atoms with E-state index in [9.17, 15) is 0 Å². The molecule has 1 aliphatic rings. The van der Waals surface area contributed by atoms with Crippen LogP contribution in [0.4, 0.5) is 17.6 Å². The van der Waals surface area contributed by atoms with Crippen molar-refractivity contribution in [2.24, 2.45) is 0 Å². The van der Waals surface area contributed by atoms with Gasteiger partial charge in [0.05, 0.1) is 0 Å². The maximum atomic E-state index is 5.80. The Morgan fingerprint density at radius 1 is 1.08 bits per heavy atom. The molecule has 8 heteroatoms. The molecule has 26 heavy (non-hydrogen) atoms. The van der Waals surface area contributed by atoms with Crippen molar-refractivity contribution >= 4 is 17.6 Å². The van der Waals surface area contributed by atoms with Crippen molar-refractivity contribution in [2.75, 3.05) is 17.8 Å². The molecular weight excluding hydrogens is 334 g/mol. The molecule has 3 N–H and O–H groups in total. The van der Waals surface area contributed by atoms with Crippen LogP contribution in [-0.2, 0) is 6.61 Å². The molecule has 2 heterocycles. The number of nitrogen functional groups attached to an aromatic ring is 1. The Morgan fingerprint density at radius 2 is 1.92 bits per heavy atom. The van der Waals surface area contributed by atoms with Gasteiger partial charge in [-0.3, -0.25) is 0 Å². The number of nitrogens with one attached hydrogen (secondary N) is 1. The van der Waals surface area contributed by atoms with Crippen LogP contribution >= 0.6 is 0 Å². The summed E-state index contributed by atoms with van der Waals surface area (Å²) in [6, 6.07) is 13.2. The number of benzene rings is 2. The van der Waals surface area contributed by atoms with E-state index in [0.717, 1.165) is 11.3 Å². The van der Waals surface area contributed by atoms with Gasteiger partial charge in [0.15, 0.2) is 17.3 Å². The lowest BCUT2D eigenvalue weighted by Crippen LogP contribution is -2.09. The molecule has 4 rings (SSSR count). The Labute approximate surface area is 150 Å². The summed E-state index contributed by atoms with van der Waals surface area (Å²) in [5, 5.41) is 3.15. The maximum absolute atomic E-state index is 5.80. The average Bonchev–Trinajstić information content (AvgIpc) is 3.09. The van der Waals surface area contributed by atoms with Crippen LogP contribution in [0.3, 0.4) is 0 Å². The summed E-state index contributed by atoms with van der Waals surface area (Å²) >= 11 is 0. The molecule has 0 unspecified atom stereocenters. The molecule has 0 bridgehead atoms. The van der Waals surface area contributed by atoms with E-state index in [1.807, 2.05) is 31.2 Å². The third kappa shape index (κ3) is 3.44. The first-order valence-electron chi connectivity index (χ1n) is 8.03. The van der Waals surface area contributed by atoms with E-state index in [1.165, 1.54) is 0 Å². The van der Waals surface area contributed by atoms with E-state index in [0.29, 0.717) is 29.0 Å². The van der Waals surface area contributed by atoms with Gasteiger partial charge in [-0.25, -0.2) is 0 Å². The number of fused-ring (bicyclic) bond motifs is 1. The molecule has 2 aromatic carbocycles. The van der Waals surface area contributed by atoms with E-state index >= 15 is 0 Å².